The van der Waals surface area contributed by atoms with Crippen LogP contribution in [0.15, 0.2) is 35.7 Å². The maximum absolute atomic E-state index is 12.3. The van der Waals surface area contributed by atoms with E-state index in [0.29, 0.717) is 10.6 Å². The molecule has 2 rings (SSSR count). The van der Waals surface area contributed by atoms with Gasteiger partial charge in [-0.2, -0.15) is 0 Å². The zero-order valence-electron chi connectivity index (χ0n) is 12.1. The van der Waals surface area contributed by atoms with E-state index in [1.165, 1.54) is 11.3 Å². The van der Waals surface area contributed by atoms with Gasteiger partial charge in [-0.3, -0.25) is 4.79 Å². The number of amides is 1. The predicted octanol–water partition coefficient (Wildman–Crippen LogP) is 4.16. The monoisotopic (exact) mass is 337 g/mol. The van der Waals surface area contributed by atoms with Crippen molar-refractivity contribution in [2.75, 3.05) is 17.8 Å². The molecule has 0 bridgehead atoms. The number of halogens is 1. The number of rotatable bonds is 6. The summed E-state index contributed by atoms with van der Waals surface area (Å²) in [5, 5.41) is 5.07. The highest BCUT2D eigenvalue weighted by Crippen LogP contribution is 2.36. The van der Waals surface area contributed by atoms with Crippen molar-refractivity contribution in [3.05, 3.63) is 41.3 Å². The summed E-state index contributed by atoms with van der Waals surface area (Å²) >= 11 is 6.87. The standard InChI is InChI=1S/C16H16ClNO3S/c1-2-21-16(20)14-12(11-6-4-3-5-7-11)10-22-15(14)18-13(19)8-9-17/h3-7,10H,2,8-9H2,1H3,(H,18,19). The Morgan fingerprint density at radius 2 is 2.00 bits per heavy atom. The lowest BCUT2D eigenvalue weighted by Gasteiger charge is -2.08. The predicted molar refractivity (Wildman–Crippen MR) is 89.7 cm³/mol. The molecular weight excluding hydrogens is 322 g/mol. The summed E-state index contributed by atoms with van der Waals surface area (Å²) in [6.45, 7) is 2.02. The van der Waals surface area contributed by atoms with Crippen molar-refractivity contribution in [2.24, 2.45) is 0 Å². The number of ether oxygens (including phenoxy) is 1. The normalized spacial score (nSPS) is 10.3. The van der Waals surface area contributed by atoms with Crippen molar-refractivity contribution in [3.63, 3.8) is 0 Å². The lowest BCUT2D eigenvalue weighted by Crippen LogP contribution is -2.14. The fourth-order valence-corrected chi connectivity index (χ4v) is 3.11. The third kappa shape index (κ3) is 3.87. The van der Waals surface area contributed by atoms with Crippen LogP contribution in [0.2, 0.25) is 0 Å². The van der Waals surface area contributed by atoms with E-state index in [2.05, 4.69) is 5.32 Å². The van der Waals surface area contributed by atoms with Gasteiger partial charge in [0.25, 0.3) is 0 Å². The Labute approximate surface area is 138 Å². The molecule has 0 saturated heterocycles. The number of esters is 1. The highest BCUT2D eigenvalue weighted by atomic mass is 35.5. The Kier molecular flexibility index (Phi) is 5.98. The Bertz CT molecular complexity index is 655. The van der Waals surface area contributed by atoms with Crippen molar-refractivity contribution >= 4 is 39.8 Å². The minimum Gasteiger partial charge on any atom is -0.462 e. The van der Waals surface area contributed by atoms with Crippen molar-refractivity contribution < 1.29 is 14.3 Å². The van der Waals surface area contributed by atoms with Gasteiger partial charge in [0, 0.05) is 23.2 Å². The van der Waals surface area contributed by atoms with Crippen LogP contribution in [0.3, 0.4) is 0 Å². The number of hydrogen-bond donors (Lipinski definition) is 1. The topological polar surface area (TPSA) is 55.4 Å². The van der Waals surface area contributed by atoms with Gasteiger partial charge in [0.1, 0.15) is 10.6 Å². The van der Waals surface area contributed by atoms with Gasteiger partial charge in [0.15, 0.2) is 0 Å². The number of hydrogen-bond acceptors (Lipinski definition) is 4. The second-order valence-corrected chi connectivity index (χ2v) is 5.68. The van der Waals surface area contributed by atoms with Crippen LogP contribution >= 0.6 is 22.9 Å². The number of carbonyl (C=O) groups excluding carboxylic acids is 2. The molecule has 0 aliphatic carbocycles. The molecule has 0 unspecified atom stereocenters. The molecule has 0 saturated carbocycles. The first-order valence-corrected chi connectivity index (χ1v) is 8.28. The average Bonchev–Trinajstić information content (AvgIpc) is 2.92. The SMILES string of the molecule is CCOC(=O)c1c(-c2ccccc2)csc1NC(=O)CCCl. The van der Waals surface area contributed by atoms with Crippen LogP contribution in [0.25, 0.3) is 11.1 Å². The van der Waals surface area contributed by atoms with Crippen LogP contribution in [0.4, 0.5) is 5.00 Å². The molecule has 0 radical (unpaired) electrons. The van der Waals surface area contributed by atoms with Crippen LogP contribution in [-0.4, -0.2) is 24.4 Å². The smallest absolute Gasteiger partial charge is 0.341 e. The molecule has 1 N–H and O–H groups in total. The highest BCUT2D eigenvalue weighted by molar-refractivity contribution is 7.15. The second-order valence-electron chi connectivity index (χ2n) is 4.43. The molecule has 0 aliphatic rings. The van der Waals surface area contributed by atoms with E-state index in [1.54, 1.807) is 6.92 Å². The van der Waals surface area contributed by atoms with Crippen LogP contribution in [0, 0.1) is 0 Å². The Balaban J connectivity index is 2.40. The van der Waals surface area contributed by atoms with Crippen molar-refractivity contribution in [1.29, 1.82) is 0 Å². The third-order valence-electron chi connectivity index (χ3n) is 2.93. The van der Waals surface area contributed by atoms with E-state index in [4.69, 9.17) is 16.3 Å². The van der Waals surface area contributed by atoms with Crippen molar-refractivity contribution in [1.82, 2.24) is 0 Å². The zero-order chi connectivity index (χ0) is 15.9. The second kappa shape index (κ2) is 7.96. The molecular formula is C16H16ClNO3S. The summed E-state index contributed by atoms with van der Waals surface area (Å²) in [6.07, 6.45) is 0.197. The van der Waals surface area contributed by atoms with Crippen LogP contribution in [0.5, 0.6) is 0 Å². The molecule has 2 aromatic rings. The molecule has 1 aromatic heterocycles. The molecule has 0 atom stereocenters. The van der Waals surface area contributed by atoms with Gasteiger partial charge in [-0.05, 0) is 12.5 Å². The number of nitrogens with one attached hydrogen (secondary N) is 1. The molecule has 116 valence electrons. The number of carbonyl (C=O) groups is 2. The molecule has 1 amide bonds. The van der Waals surface area contributed by atoms with Gasteiger partial charge in [-0.25, -0.2) is 4.79 Å². The summed E-state index contributed by atoms with van der Waals surface area (Å²) in [5.74, 6) is -0.428. The molecule has 0 aliphatic heterocycles. The van der Waals surface area contributed by atoms with Crippen LogP contribution in [-0.2, 0) is 9.53 Å². The summed E-state index contributed by atoms with van der Waals surface area (Å²) < 4.78 is 5.12. The van der Waals surface area contributed by atoms with Gasteiger partial charge in [-0.1, -0.05) is 30.3 Å². The van der Waals surface area contributed by atoms with Gasteiger partial charge in [-0.15, -0.1) is 22.9 Å². The van der Waals surface area contributed by atoms with E-state index in [9.17, 15) is 9.59 Å². The molecule has 1 aromatic carbocycles. The number of alkyl halides is 1. The lowest BCUT2D eigenvalue weighted by molar-refractivity contribution is -0.115. The fourth-order valence-electron chi connectivity index (χ4n) is 1.96. The summed E-state index contributed by atoms with van der Waals surface area (Å²) in [7, 11) is 0. The molecule has 0 spiro atoms. The molecule has 0 fully saturated rings. The number of benzene rings is 1. The molecule has 1 heterocycles. The van der Waals surface area contributed by atoms with Crippen LogP contribution < -0.4 is 5.32 Å². The van der Waals surface area contributed by atoms with Gasteiger partial charge in [0.05, 0.1) is 6.61 Å². The van der Waals surface area contributed by atoms with E-state index >= 15 is 0 Å². The first kappa shape index (κ1) is 16.5. The van der Waals surface area contributed by atoms with Gasteiger partial charge in [0.2, 0.25) is 5.91 Å². The molecule has 4 nitrogen and oxygen atoms in total. The number of anilines is 1. The van der Waals surface area contributed by atoms with Crippen molar-refractivity contribution in [3.8, 4) is 11.1 Å². The van der Waals surface area contributed by atoms with E-state index in [0.717, 1.165) is 11.1 Å². The first-order chi connectivity index (χ1) is 10.7. The number of thiophene rings is 1. The summed E-state index contributed by atoms with van der Waals surface area (Å²) in [5.41, 5.74) is 2.05. The average molecular weight is 338 g/mol. The molecule has 6 heteroatoms. The fraction of sp³-hybridized carbons (Fsp3) is 0.250. The maximum Gasteiger partial charge on any atom is 0.341 e. The third-order valence-corrected chi connectivity index (χ3v) is 4.01. The Morgan fingerprint density at radius 1 is 1.27 bits per heavy atom. The largest absolute Gasteiger partial charge is 0.462 e. The van der Waals surface area contributed by atoms with Crippen molar-refractivity contribution in [2.45, 2.75) is 13.3 Å². The van der Waals surface area contributed by atoms with E-state index in [-0.39, 0.29) is 24.8 Å². The molecule has 22 heavy (non-hydrogen) atoms. The Hall–Kier alpha value is -1.85. The minimum absolute atomic E-state index is 0.197. The zero-order valence-corrected chi connectivity index (χ0v) is 13.7. The highest BCUT2D eigenvalue weighted by Gasteiger charge is 2.22. The summed E-state index contributed by atoms with van der Waals surface area (Å²) in [4.78, 5) is 24.0. The van der Waals surface area contributed by atoms with Gasteiger partial charge < -0.3 is 10.1 Å². The Morgan fingerprint density at radius 3 is 2.64 bits per heavy atom. The maximum atomic E-state index is 12.3. The minimum atomic E-state index is -0.441. The van der Waals surface area contributed by atoms with E-state index < -0.39 is 5.97 Å². The van der Waals surface area contributed by atoms with Crippen LogP contribution in [0.1, 0.15) is 23.7 Å². The lowest BCUT2D eigenvalue weighted by atomic mass is 10.0. The first-order valence-electron chi connectivity index (χ1n) is 6.87. The van der Waals surface area contributed by atoms with E-state index in [1.807, 2.05) is 35.7 Å². The van der Waals surface area contributed by atoms with Gasteiger partial charge >= 0.3 is 5.97 Å². The quantitative estimate of drug-likeness (QED) is 0.636. The summed E-state index contributed by atoms with van der Waals surface area (Å²) in [6, 6.07) is 9.52.